The number of hydrogen-bond donors (Lipinski definition) is 1. The Kier molecular flexibility index (Phi) is 8.07. The highest BCUT2D eigenvalue weighted by molar-refractivity contribution is 8.00. The second-order valence-corrected chi connectivity index (χ2v) is 10.4. The van der Waals surface area contributed by atoms with E-state index in [-0.39, 0.29) is 23.2 Å². The second-order valence-electron chi connectivity index (χ2n) is 9.29. The van der Waals surface area contributed by atoms with Crippen LogP contribution in [0, 0.1) is 11.7 Å². The van der Waals surface area contributed by atoms with E-state index in [1.54, 1.807) is 28.8 Å². The number of carbonyl (C=O) groups excluding carboxylic acids is 2. The molecular formula is C27H33FN2O2S. The van der Waals surface area contributed by atoms with Crippen molar-refractivity contribution in [2.24, 2.45) is 5.92 Å². The Bertz CT molecular complexity index is 948. The van der Waals surface area contributed by atoms with Crippen LogP contribution >= 0.6 is 11.8 Å². The zero-order valence-corrected chi connectivity index (χ0v) is 20.0. The number of hydrogen-bond acceptors (Lipinski definition) is 3. The van der Waals surface area contributed by atoms with E-state index in [4.69, 9.17) is 0 Å². The molecule has 3 atom stereocenters. The third-order valence-electron chi connectivity index (χ3n) is 6.79. The molecule has 0 bridgehead atoms. The van der Waals surface area contributed by atoms with Crippen LogP contribution in [0.15, 0.2) is 54.6 Å². The number of thioether (sulfide) groups is 1. The summed E-state index contributed by atoms with van der Waals surface area (Å²) in [5.41, 5.74) is 1.56. The molecule has 1 heterocycles. The van der Waals surface area contributed by atoms with E-state index < -0.39 is 11.9 Å². The van der Waals surface area contributed by atoms with E-state index in [1.807, 2.05) is 25.1 Å². The van der Waals surface area contributed by atoms with Gasteiger partial charge in [0, 0.05) is 17.4 Å². The highest BCUT2D eigenvalue weighted by Gasteiger charge is 2.45. The summed E-state index contributed by atoms with van der Waals surface area (Å²) in [5.74, 6) is 0.185. The maximum Gasteiger partial charge on any atom is 0.255 e. The summed E-state index contributed by atoms with van der Waals surface area (Å²) in [7, 11) is 0. The quantitative estimate of drug-likeness (QED) is 0.590. The van der Waals surface area contributed by atoms with Gasteiger partial charge in [-0.3, -0.25) is 9.59 Å². The SMILES string of the molecule is CC(CCc1ccccc1)NC(=O)C1CSC(C2CCCCC2)N1C(=O)c1cccc(F)c1. The Hall–Kier alpha value is -2.34. The number of aryl methyl sites for hydroxylation is 1. The van der Waals surface area contributed by atoms with Gasteiger partial charge in [0.1, 0.15) is 11.9 Å². The molecule has 1 aliphatic heterocycles. The molecule has 1 saturated carbocycles. The predicted molar refractivity (Wildman–Crippen MR) is 132 cm³/mol. The maximum absolute atomic E-state index is 13.9. The van der Waals surface area contributed by atoms with Crippen LogP contribution < -0.4 is 5.32 Å². The van der Waals surface area contributed by atoms with Crippen LogP contribution in [0.4, 0.5) is 4.39 Å². The fourth-order valence-corrected chi connectivity index (χ4v) is 6.62. The van der Waals surface area contributed by atoms with E-state index in [0.29, 0.717) is 17.2 Å². The van der Waals surface area contributed by atoms with Crippen molar-refractivity contribution < 1.29 is 14.0 Å². The summed E-state index contributed by atoms with van der Waals surface area (Å²) < 4.78 is 13.9. The molecule has 2 fully saturated rings. The standard InChI is InChI=1S/C27H33FN2O2S/c1-19(15-16-20-9-4-2-5-10-20)29-25(31)24-18-33-27(21-11-6-3-7-12-21)30(24)26(32)22-13-8-14-23(28)17-22/h2,4-5,8-10,13-14,17,19,21,24,27H,3,6-7,11-12,15-16,18H2,1H3,(H,29,31). The zero-order chi connectivity index (χ0) is 23.2. The molecule has 2 aromatic rings. The lowest BCUT2D eigenvalue weighted by Crippen LogP contribution is -2.53. The van der Waals surface area contributed by atoms with Crippen LogP contribution in [-0.4, -0.2) is 39.9 Å². The van der Waals surface area contributed by atoms with Gasteiger partial charge in [-0.1, -0.05) is 55.7 Å². The Labute approximate surface area is 200 Å². The first kappa shape index (κ1) is 23.8. The smallest absolute Gasteiger partial charge is 0.255 e. The van der Waals surface area contributed by atoms with Crippen molar-refractivity contribution >= 4 is 23.6 Å². The summed E-state index contributed by atoms with van der Waals surface area (Å²) in [5, 5.41) is 3.11. The molecule has 176 valence electrons. The molecule has 2 aliphatic rings. The highest BCUT2D eigenvalue weighted by Crippen LogP contribution is 2.41. The predicted octanol–water partition coefficient (Wildman–Crippen LogP) is 5.43. The van der Waals surface area contributed by atoms with Gasteiger partial charge >= 0.3 is 0 Å². The Morgan fingerprint density at radius 2 is 1.85 bits per heavy atom. The van der Waals surface area contributed by atoms with E-state index in [0.717, 1.165) is 38.5 Å². The van der Waals surface area contributed by atoms with Crippen molar-refractivity contribution in [3.8, 4) is 0 Å². The van der Waals surface area contributed by atoms with E-state index in [1.165, 1.54) is 24.1 Å². The Morgan fingerprint density at radius 3 is 2.58 bits per heavy atom. The van der Waals surface area contributed by atoms with Gasteiger partial charge in [0.2, 0.25) is 5.91 Å². The summed E-state index contributed by atoms with van der Waals surface area (Å²) in [6.07, 6.45) is 7.43. The summed E-state index contributed by atoms with van der Waals surface area (Å²) in [6, 6.07) is 15.5. The van der Waals surface area contributed by atoms with E-state index in [2.05, 4.69) is 17.4 Å². The Morgan fingerprint density at radius 1 is 1.09 bits per heavy atom. The molecule has 4 rings (SSSR count). The number of halogens is 1. The minimum Gasteiger partial charge on any atom is -0.352 e. The molecule has 0 radical (unpaired) electrons. The summed E-state index contributed by atoms with van der Waals surface area (Å²) >= 11 is 1.71. The van der Waals surface area contributed by atoms with Crippen LogP contribution in [0.2, 0.25) is 0 Å². The topological polar surface area (TPSA) is 49.4 Å². The van der Waals surface area contributed by atoms with Crippen molar-refractivity contribution in [3.05, 3.63) is 71.5 Å². The summed E-state index contributed by atoms with van der Waals surface area (Å²) in [4.78, 5) is 28.6. The fraction of sp³-hybridized carbons (Fsp3) is 0.481. The van der Waals surface area contributed by atoms with Gasteiger partial charge in [-0.25, -0.2) is 4.39 Å². The lowest BCUT2D eigenvalue weighted by atomic mass is 9.88. The van der Waals surface area contributed by atoms with Crippen molar-refractivity contribution in [2.75, 3.05) is 5.75 Å². The van der Waals surface area contributed by atoms with E-state index in [9.17, 15) is 14.0 Å². The van der Waals surface area contributed by atoms with Crippen molar-refractivity contribution in [2.45, 2.75) is 69.3 Å². The number of rotatable bonds is 7. The van der Waals surface area contributed by atoms with Crippen LogP contribution in [0.25, 0.3) is 0 Å². The second kappa shape index (κ2) is 11.2. The number of carbonyl (C=O) groups is 2. The van der Waals surface area contributed by atoms with Gasteiger partial charge in [-0.2, -0.15) is 0 Å². The van der Waals surface area contributed by atoms with Gasteiger partial charge in [0.15, 0.2) is 0 Å². The molecule has 0 spiro atoms. The molecule has 4 nitrogen and oxygen atoms in total. The molecule has 33 heavy (non-hydrogen) atoms. The number of benzene rings is 2. The maximum atomic E-state index is 13.9. The van der Waals surface area contributed by atoms with Gasteiger partial charge in [0.25, 0.3) is 5.91 Å². The Balaban J connectivity index is 1.47. The largest absolute Gasteiger partial charge is 0.352 e. The van der Waals surface area contributed by atoms with Crippen molar-refractivity contribution in [1.82, 2.24) is 10.2 Å². The molecule has 0 aromatic heterocycles. The summed E-state index contributed by atoms with van der Waals surface area (Å²) in [6.45, 7) is 2.01. The molecule has 1 aliphatic carbocycles. The van der Waals surface area contributed by atoms with Crippen molar-refractivity contribution in [3.63, 3.8) is 0 Å². The number of amides is 2. The minimum atomic E-state index is -0.531. The van der Waals surface area contributed by atoms with Crippen LogP contribution in [0.3, 0.4) is 0 Å². The average molecular weight is 469 g/mol. The number of nitrogens with zero attached hydrogens (tertiary/aromatic N) is 1. The first-order valence-electron chi connectivity index (χ1n) is 12.1. The third-order valence-corrected chi connectivity index (χ3v) is 8.26. The molecule has 3 unspecified atom stereocenters. The van der Waals surface area contributed by atoms with Crippen LogP contribution in [-0.2, 0) is 11.2 Å². The molecule has 2 aromatic carbocycles. The number of nitrogens with one attached hydrogen (secondary N) is 1. The van der Waals surface area contributed by atoms with Gasteiger partial charge in [0.05, 0.1) is 5.37 Å². The van der Waals surface area contributed by atoms with Crippen LogP contribution in [0.5, 0.6) is 0 Å². The van der Waals surface area contributed by atoms with Crippen molar-refractivity contribution in [1.29, 1.82) is 0 Å². The van der Waals surface area contributed by atoms with Gasteiger partial charge in [-0.05, 0) is 62.3 Å². The monoisotopic (exact) mass is 468 g/mol. The molecule has 6 heteroatoms. The molecule has 2 amide bonds. The lowest BCUT2D eigenvalue weighted by molar-refractivity contribution is -0.125. The average Bonchev–Trinajstić information content (AvgIpc) is 3.29. The van der Waals surface area contributed by atoms with E-state index >= 15 is 0 Å². The minimum absolute atomic E-state index is 0.00237. The first-order chi connectivity index (χ1) is 16.0. The molecule has 1 N–H and O–H groups in total. The molecule has 1 saturated heterocycles. The van der Waals surface area contributed by atoms with Crippen LogP contribution in [0.1, 0.15) is 61.4 Å². The van der Waals surface area contributed by atoms with Gasteiger partial charge < -0.3 is 10.2 Å². The molecular weight excluding hydrogens is 435 g/mol. The normalized spacial score (nSPS) is 22.2. The third kappa shape index (κ3) is 5.97. The first-order valence-corrected chi connectivity index (χ1v) is 13.1. The zero-order valence-electron chi connectivity index (χ0n) is 19.2. The van der Waals surface area contributed by atoms with Gasteiger partial charge in [-0.15, -0.1) is 11.8 Å². The highest BCUT2D eigenvalue weighted by atomic mass is 32.2. The fourth-order valence-electron chi connectivity index (χ4n) is 4.98. The lowest BCUT2D eigenvalue weighted by Gasteiger charge is -2.35.